The Hall–Kier alpha value is -1.39. The zero-order valence-corrected chi connectivity index (χ0v) is 11.3. The van der Waals surface area contributed by atoms with Gasteiger partial charge in [0.1, 0.15) is 0 Å². The summed E-state index contributed by atoms with van der Waals surface area (Å²) in [6.45, 7) is 0.803. The van der Waals surface area contributed by atoms with Gasteiger partial charge in [0, 0.05) is 19.7 Å². The number of methoxy groups -OCH3 is 1. The molecule has 2 unspecified atom stereocenters. The van der Waals surface area contributed by atoms with Gasteiger partial charge in [0.25, 0.3) is 0 Å². The highest BCUT2D eigenvalue weighted by molar-refractivity contribution is 5.70. The van der Waals surface area contributed by atoms with E-state index in [4.69, 9.17) is 9.84 Å². The number of carboxylic acid groups (broad SMARTS) is 1. The largest absolute Gasteiger partial charge is 0.481 e. The fourth-order valence-corrected chi connectivity index (χ4v) is 2.64. The van der Waals surface area contributed by atoms with Crippen LogP contribution in [0.15, 0.2) is 24.3 Å². The first-order valence-electron chi connectivity index (χ1n) is 6.75. The zero-order chi connectivity index (χ0) is 13.7. The molecule has 0 heterocycles. The monoisotopic (exact) mass is 263 g/mol. The average Bonchev–Trinajstić information content (AvgIpc) is 2.84. The third-order valence-electron chi connectivity index (χ3n) is 3.70. The number of ether oxygens (including phenoxy) is 1. The van der Waals surface area contributed by atoms with Crippen molar-refractivity contribution in [3.8, 4) is 0 Å². The van der Waals surface area contributed by atoms with Gasteiger partial charge in [0.15, 0.2) is 0 Å². The molecule has 19 heavy (non-hydrogen) atoms. The fraction of sp³-hybridized carbons (Fsp3) is 0.533. The van der Waals surface area contributed by atoms with Crippen molar-refractivity contribution in [1.29, 1.82) is 0 Å². The van der Waals surface area contributed by atoms with Gasteiger partial charge in [0.05, 0.1) is 12.5 Å². The summed E-state index contributed by atoms with van der Waals surface area (Å²) in [6.07, 6.45) is 3.92. The quantitative estimate of drug-likeness (QED) is 0.824. The fourth-order valence-electron chi connectivity index (χ4n) is 2.64. The Balaban J connectivity index is 1.84. The number of aliphatic carboxylic acids is 1. The second-order valence-corrected chi connectivity index (χ2v) is 5.08. The second-order valence-electron chi connectivity index (χ2n) is 5.08. The molecule has 1 fully saturated rings. The summed E-state index contributed by atoms with van der Waals surface area (Å²) in [5.74, 6) is -0.792. The molecule has 1 saturated carbocycles. The van der Waals surface area contributed by atoms with Crippen molar-refractivity contribution >= 4 is 5.97 Å². The molecule has 0 aliphatic heterocycles. The van der Waals surface area contributed by atoms with Gasteiger partial charge in [-0.1, -0.05) is 24.3 Å². The Labute approximate surface area is 113 Å². The lowest BCUT2D eigenvalue weighted by atomic mass is 10.1. The van der Waals surface area contributed by atoms with Gasteiger partial charge in [-0.3, -0.25) is 4.79 Å². The van der Waals surface area contributed by atoms with Crippen LogP contribution >= 0.6 is 0 Å². The van der Waals surface area contributed by atoms with Gasteiger partial charge < -0.3 is 15.2 Å². The van der Waals surface area contributed by atoms with E-state index in [-0.39, 0.29) is 6.42 Å². The SMILES string of the molecule is COC1CCCC1NCc1ccc(CC(=O)O)cc1. The van der Waals surface area contributed by atoms with Crippen molar-refractivity contribution in [2.75, 3.05) is 7.11 Å². The molecule has 1 aromatic rings. The van der Waals surface area contributed by atoms with Crippen LogP contribution in [0.4, 0.5) is 0 Å². The summed E-state index contributed by atoms with van der Waals surface area (Å²) < 4.78 is 5.45. The van der Waals surface area contributed by atoms with Crippen molar-refractivity contribution < 1.29 is 14.6 Å². The Bertz CT molecular complexity index is 416. The summed E-state index contributed by atoms with van der Waals surface area (Å²) in [6, 6.07) is 8.18. The second kappa shape index (κ2) is 6.68. The van der Waals surface area contributed by atoms with Gasteiger partial charge >= 0.3 is 5.97 Å². The number of carboxylic acids is 1. The third-order valence-corrected chi connectivity index (χ3v) is 3.70. The summed E-state index contributed by atoms with van der Waals surface area (Å²) >= 11 is 0. The maximum absolute atomic E-state index is 10.6. The molecule has 104 valence electrons. The molecule has 4 heteroatoms. The van der Waals surface area contributed by atoms with Crippen LogP contribution in [0.25, 0.3) is 0 Å². The smallest absolute Gasteiger partial charge is 0.307 e. The Morgan fingerprint density at radius 2 is 2.00 bits per heavy atom. The van der Waals surface area contributed by atoms with E-state index >= 15 is 0 Å². The first kappa shape index (κ1) is 14.0. The van der Waals surface area contributed by atoms with Crippen LogP contribution in [0.1, 0.15) is 30.4 Å². The van der Waals surface area contributed by atoms with Crippen molar-refractivity contribution in [2.45, 2.75) is 44.4 Å². The molecule has 2 N–H and O–H groups in total. The minimum Gasteiger partial charge on any atom is -0.481 e. The zero-order valence-electron chi connectivity index (χ0n) is 11.3. The van der Waals surface area contributed by atoms with E-state index in [1.807, 2.05) is 24.3 Å². The van der Waals surface area contributed by atoms with Gasteiger partial charge in [-0.25, -0.2) is 0 Å². The molecule has 0 aromatic heterocycles. The van der Waals surface area contributed by atoms with Crippen LogP contribution in [-0.4, -0.2) is 30.3 Å². The van der Waals surface area contributed by atoms with Gasteiger partial charge in [-0.05, 0) is 30.4 Å². The van der Waals surface area contributed by atoms with Crippen LogP contribution in [0, 0.1) is 0 Å². The highest BCUT2D eigenvalue weighted by Crippen LogP contribution is 2.21. The average molecular weight is 263 g/mol. The first-order valence-corrected chi connectivity index (χ1v) is 6.75. The van der Waals surface area contributed by atoms with Crippen molar-refractivity contribution in [3.63, 3.8) is 0 Å². The molecule has 0 spiro atoms. The van der Waals surface area contributed by atoms with E-state index in [1.54, 1.807) is 7.11 Å². The van der Waals surface area contributed by atoms with Gasteiger partial charge in [0.2, 0.25) is 0 Å². The number of hydrogen-bond acceptors (Lipinski definition) is 3. The normalized spacial score (nSPS) is 22.6. The van der Waals surface area contributed by atoms with Crippen LogP contribution < -0.4 is 5.32 Å². The van der Waals surface area contributed by atoms with Crippen molar-refractivity contribution in [3.05, 3.63) is 35.4 Å². The van der Waals surface area contributed by atoms with E-state index in [1.165, 1.54) is 12.0 Å². The maximum atomic E-state index is 10.6. The molecular formula is C15H21NO3. The molecule has 1 aliphatic carbocycles. The molecular weight excluding hydrogens is 242 g/mol. The molecule has 2 atom stereocenters. The molecule has 1 aliphatic rings. The van der Waals surface area contributed by atoms with E-state index in [2.05, 4.69) is 5.32 Å². The minimum absolute atomic E-state index is 0.0854. The summed E-state index contributed by atoms with van der Waals surface area (Å²) in [5.41, 5.74) is 2.02. The van der Waals surface area contributed by atoms with Crippen LogP contribution in [0.5, 0.6) is 0 Å². The van der Waals surface area contributed by atoms with E-state index in [9.17, 15) is 4.79 Å². The molecule has 0 bridgehead atoms. The lowest BCUT2D eigenvalue weighted by Crippen LogP contribution is -2.36. The van der Waals surface area contributed by atoms with E-state index < -0.39 is 5.97 Å². The summed E-state index contributed by atoms with van der Waals surface area (Å²) in [5, 5.41) is 12.2. The summed E-state index contributed by atoms with van der Waals surface area (Å²) in [7, 11) is 1.77. The maximum Gasteiger partial charge on any atom is 0.307 e. The van der Waals surface area contributed by atoms with E-state index in [0.717, 1.165) is 24.9 Å². The van der Waals surface area contributed by atoms with Gasteiger partial charge in [-0.2, -0.15) is 0 Å². The van der Waals surface area contributed by atoms with E-state index in [0.29, 0.717) is 12.1 Å². The predicted molar refractivity (Wildman–Crippen MR) is 73.1 cm³/mol. The Morgan fingerprint density at radius 3 is 2.63 bits per heavy atom. The van der Waals surface area contributed by atoms with Crippen LogP contribution in [0.2, 0.25) is 0 Å². The van der Waals surface area contributed by atoms with Crippen LogP contribution in [-0.2, 0) is 22.5 Å². The topological polar surface area (TPSA) is 58.6 Å². The predicted octanol–water partition coefficient (Wildman–Crippen LogP) is 1.97. The number of carbonyl (C=O) groups is 1. The Kier molecular flexibility index (Phi) is 4.93. The van der Waals surface area contributed by atoms with Gasteiger partial charge in [-0.15, -0.1) is 0 Å². The lowest BCUT2D eigenvalue weighted by molar-refractivity contribution is -0.136. The summed E-state index contributed by atoms with van der Waals surface area (Å²) in [4.78, 5) is 10.6. The first-order chi connectivity index (χ1) is 9.19. The van der Waals surface area contributed by atoms with Crippen molar-refractivity contribution in [2.24, 2.45) is 0 Å². The third kappa shape index (κ3) is 4.04. The highest BCUT2D eigenvalue weighted by atomic mass is 16.5. The highest BCUT2D eigenvalue weighted by Gasteiger charge is 2.26. The van der Waals surface area contributed by atoms with Crippen molar-refractivity contribution in [1.82, 2.24) is 5.32 Å². The minimum atomic E-state index is -0.792. The molecule has 0 amide bonds. The number of benzene rings is 1. The molecule has 2 rings (SSSR count). The van der Waals surface area contributed by atoms with Crippen LogP contribution in [0.3, 0.4) is 0 Å². The Morgan fingerprint density at radius 1 is 1.32 bits per heavy atom. The number of hydrogen-bond donors (Lipinski definition) is 2. The number of nitrogens with one attached hydrogen (secondary N) is 1. The number of rotatable bonds is 6. The molecule has 4 nitrogen and oxygen atoms in total. The molecule has 0 radical (unpaired) electrons. The molecule has 0 saturated heterocycles. The lowest BCUT2D eigenvalue weighted by Gasteiger charge is -2.19. The molecule has 1 aromatic carbocycles. The standard InChI is InChI=1S/C15H21NO3/c1-19-14-4-2-3-13(14)16-10-12-7-5-11(6-8-12)9-15(17)18/h5-8,13-14,16H,2-4,9-10H2,1H3,(H,17,18).